The first-order valence-corrected chi connectivity index (χ1v) is 10.4. The van der Waals surface area contributed by atoms with E-state index in [-0.39, 0.29) is 23.1 Å². The van der Waals surface area contributed by atoms with Crippen LogP contribution in [0.25, 0.3) is 0 Å². The van der Waals surface area contributed by atoms with E-state index >= 15 is 0 Å². The number of rotatable bonds is 5. The lowest BCUT2D eigenvalue weighted by atomic mass is 10.0. The Morgan fingerprint density at radius 2 is 1.75 bits per heavy atom. The molecule has 0 radical (unpaired) electrons. The zero-order valence-corrected chi connectivity index (χ0v) is 16.2. The number of urea groups is 1. The number of hydrogen-bond donors (Lipinski definition) is 3. The van der Waals surface area contributed by atoms with Crippen molar-refractivity contribution in [2.75, 3.05) is 16.8 Å². The van der Waals surface area contributed by atoms with Crippen molar-refractivity contribution in [3.8, 4) is 0 Å². The van der Waals surface area contributed by atoms with Gasteiger partial charge in [0, 0.05) is 11.7 Å². The van der Waals surface area contributed by atoms with Crippen molar-refractivity contribution >= 4 is 27.5 Å². The maximum atomic E-state index is 12.6. The summed E-state index contributed by atoms with van der Waals surface area (Å²) in [6.45, 7) is 3.38. The van der Waals surface area contributed by atoms with Crippen molar-refractivity contribution in [1.29, 1.82) is 0 Å². The van der Waals surface area contributed by atoms with Gasteiger partial charge in [0.2, 0.25) is 5.91 Å². The van der Waals surface area contributed by atoms with Crippen LogP contribution >= 0.6 is 0 Å². The van der Waals surface area contributed by atoms with E-state index in [2.05, 4.69) is 16.0 Å². The van der Waals surface area contributed by atoms with Crippen LogP contribution in [-0.2, 0) is 20.8 Å². The Labute approximate surface area is 161 Å². The molecule has 1 fully saturated rings. The molecule has 0 bridgehead atoms. The second-order valence-electron chi connectivity index (χ2n) is 7.00. The Morgan fingerprint density at radius 1 is 1.14 bits per heavy atom. The molecule has 28 heavy (non-hydrogen) atoms. The molecule has 1 aliphatic heterocycles. The number of sulfone groups is 1. The van der Waals surface area contributed by atoms with Gasteiger partial charge in [0.25, 0.3) is 0 Å². The first kappa shape index (κ1) is 22.0. The van der Waals surface area contributed by atoms with Crippen LogP contribution in [0.3, 0.4) is 0 Å². The van der Waals surface area contributed by atoms with Crippen LogP contribution in [-0.4, -0.2) is 43.9 Å². The lowest BCUT2D eigenvalue weighted by Gasteiger charge is -2.23. The number of halogens is 3. The van der Waals surface area contributed by atoms with Gasteiger partial charge in [0.1, 0.15) is 6.04 Å². The van der Waals surface area contributed by atoms with Crippen LogP contribution in [0.15, 0.2) is 24.3 Å². The molecule has 0 aliphatic carbocycles. The number of benzene rings is 1. The average molecular weight is 421 g/mol. The summed E-state index contributed by atoms with van der Waals surface area (Å²) in [5.74, 6) is -1.05. The smallest absolute Gasteiger partial charge is 0.334 e. The number of carbonyl (C=O) groups excluding carboxylic acids is 2. The van der Waals surface area contributed by atoms with Crippen molar-refractivity contribution in [2.45, 2.75) is 38.5 Å². The Hall–Kier alpha value is -2.30. The van der Waals surface area contributed by atoms with Gasteiger partial charge in [-0.1, -0.05) is 13.8 Å². The number of hydrogen-bond acceptors (Lipinski definition) is 4. The van der Waals surface area contributed by atoms with Gasteiger partial charge in [-0.25, -0.2) is 13.2 Å². The second kappa shape index (κ2) is 8.38. The van der Waals surface area contributed by atoms with Crippen LogP contribution < -0.4 is 16.0 Å². The third kappa shape index (κ3) is 6.11. The fourth-order valence-electron chi connectivity index (χ4n) is 2.77. The lowest BCUT2D eigenvalue weighted by Crippen LogP contribution is -2.52. The minimum atomic E-state index is -4.48. The predicted molar refractivity (Wildman–Crippen MR) is 97.4 cm³/mol. The van der Waals surface area contributed by atoms with Crippen LogP contribution in [0.2, 0.25) is 0 Å². The fraction of sp³-hybridized carbons (Fsp3) is 0.529. The number of amides is 3. The van der Waals surface area contributed by atoms with E-state index in [0.717, 1.165) is 24.3 Å². The zero-order chi connectivity index (χ0) is 21.1. The van der Waals surface area contributed by atoms with Crippen LogP contribution in [0.4, 0.5) is 23.7 Å². The van der Waals surface area contributed by atoms with Crippen molar-refractivity contribution in [2.24, 2.45) is 5.92 Å². The highest BCUT2D eigenvalue weighted by Crippen LogP contribution is 2.29. The molecule has 2 rings (SSSR count). The van der Waals surface area contributed by atoms with Gasteiger partial charge in [0.05, 0.1) is 17.1 Å². The standard InChI is InChI=1S/C17H22F3N3O4S/c1-10(2)14(23-16(25)22-13-7-8-28(26,27)9-13)15(24)21-12-5-3-11(4-6-12)17(18,19)20/h3-6,10,13-14H,7-9H2,1-2H3,(H,21,24)(H2,22,23,25)/t13?,14-/m1/s1. The molecule has 0 aromatic heterocycles. The van der Waals surface area contributed by atoms with Crippen molar-refractivity contribution in [3.05, 3.63) is 29.8 Å². The van der Waals surface area contributed by atoms with E-state index in [9.17, 15) is 31.2 Å². The molecular formula is C17H22F3N3O4S. The number of alkyl halides is 3. The normalized spacial score (nSPS) is 19.9. The molecule has 1 aromatic rings. The Morgan fingerprint density at radius 3 is 2.21 bits per heavy atom. The van der Waals surface area contributed by atoms with Crippen molar-refractivity contribution < 1.29 is 31.2 Å². The second-order valence-corrected chi connectivity index (χ2v) is 9.23. The highest BCUT2D eigenvalue weighted by molar-refractivity contribution is 7.91. The van der Waals surface area contributed by atoms with Gasteiger partial charge in [-0.3, -0.25) is 4.79 Å². The third-order valence-electron chi connectivity index (χ3n) is 4.28. The molecule has 1 heterocycles. The Bertz CT molecular complexity index is 823. The Balaban J connectivity index is 1.97. The quantitative estimate of drug-likeness (QED) is 0.678. The van der Waals surface area contributed by atoms with Gasteiger partial charge < -0.3 is 16.0 Å². The van der Waals surface area contributed by atoms with Crippen molar-refractivity contribution in [3.63, 3.8) is 0 Å². The summed E-state index contributed by atoms with van der Waals surface area (Å²) in [7, 11) is -3.16. The summed E-state index contributed by atoms with van der Waals surface area (Å²) >= 11 is 0. The summed E-state index contributed by atoms with van der Waals surface area (Å²) in [6.07, 6.45) is -4.17. The molecule has 1 unspecified atom stereocenters. The molecule has 11 heteroatoms. The Kier molecular flexibility index (Phi) is 6.58. The molecule has 0 saturated carbocycles. The fourth-order valence-corrected chi connectivity index (χ4v) is 4.45. The van der Waals surface area contributed by atoms with Gasteiger partial charge >= 0.3 is 12.2 Å². The van der Waals surface area contributed by atoms with Gasteiger partial charge in [0.15, 0.2) is 9.84 Å². The zero-order valence-electron chi connectivity index (χ0n) is 15.3. The van der Waals surface area contributed by atoms with Crippen molar-refractivity contribution in [1.82, 2.24) is 10.6 Å². The minimum Gasteiger partial charge on any atom is -0.334 e. The van der Waals surface area contributed by atoms with E-state index in [0.29, 0.717) is 6.42 Å². The van der Waals surface area contributed by atoms with Gasteiger partial charge in [-0.2, -0.15) is 13.2 Å². The lowest BCUT2D eigenvalue weighted by molar-refractivity contribution is -0.137. The first-order valence-electron chi connectivity index (χ1n) is 8.63. The predicted octanol–water partition coefficient (Wildman–Crippen LogP) is 2.15. The van der Waals surface area contributed by atoms with E-state index in [1.165, 1.54) is 0 Å². The van der Waals surface area contributed by atoms with E-state index in [1.54, 1.807) is 13.8 Å². The highest BCUT2D eigenvalue weighted by Gasteiger charge is 2.32. The van der Waals surface area contributed by atoms with Gasteiger partial charge in [-0.15, -0.1) is 0 Å². The third-order valence-corrected chi connectivity index (χ3v) is 6.05. The minimum absolute atomic E-state index is 0.0000367. The summed E-state index contributed by atoms with van der Waals surface area (Å²) in [5, 5.41) is 7.49. The highest BCUT2D eigenvalue weighted by atomic mass is 32.2. The number of nitrogens with one attached hydrogen (secondary N) is 3. The monoisotopic (exact) mass is 421 g/mol. The summed E-state index contributed by atoms with van der Waals surface area (Å²) in [5.41, 5.74) is -0.678. The average Bonchev–Trinajstić information content (AvgIpc) is 2.90. The van der Waals surface area contributed by atoms with E-state index in [1.807, 2.05) is 0 Å². The first-order chi connectivity index (χ1) is 12.9. The molecule has 0 spiro atoms. The van der Waals surface area contributed by atoms with Crippen LogP contribution in [0.1, 0.15) is 25.8 Å². The van der Waals surface area contributed by atoms with E-state index < -0.39 is 45.6 Å². The number of anilines is 1. The SMILES string of the molecule is CC(C)[C@@H](NC(=O)NC1CCS(=O)(=O)C1)C(=O)Nc1ccc(C(F)(F)F)cc1. The maximum absolute atomic E-state index is 12.6. The number of carbonyl (C=O) groups is 2. The van der Waals surface area contributed by atoms with Crippen LogP contribution in [0.5, 0.6) is 0 Å². The molecule has 1 saturated heterocycles. The largest absolute Gasteiger partial charge is 0.416 e. The maximum Gasteiger partial charge on any atom is 0.416 e. The molecule has 1 aromatic carbocycles. The molecular weight excluding hydrogens is 399 g/mol. The molecule has 7 nitrogen and oxygen atoms in total. The molecule has 2 atom stereocenters. The van der Waals surface area contributed by atoms with E-state index in [4.69, 9.17) is 0 Å². The molecule has 1 aliphatic rings. The van der Waals surface area contributed by atoms with Crippen LogP contribution in [0, 0.1) is 5.92 Å². The molecule has 3 amide bonds. The summed E-state index contributed by atoms with van der Waals surface area (Å²) in [4.78, 5) is 24.6. The van der Waals surface area contributed by atoms with Gasteiger partial charge in [-0.05, 0) is 36.6 Å². The summed E-state index contributed by atoms with van der Waals surface area (Å²) in [6, 6.07) is 1.80. The molecule has 156 valence electrons. The topological polar surface area (TPSA) is 104 Å². The summed E-state index contributed by atoms with van der Waals surface area (Å²) < 4.78 is 60.7. The molecule has 3 N–H and O–H groups in total.